The lowest BCUT2D eigenvalue weighted by atomic mass is 9.99. The molecule has 1 aliphatic rings. The molecule has 136 valence electrons. The summed E-state index contributed by atoms with van der Waals surface area (Å²) in [7, 11) is 1.50. The van der Waals surface area contributed by atoms with Crippen LogP contribution in [0.1, 0.15) is 29.8 Å². The minimum absolute atomic E-state index is 0.0565. The molecular formula is C19H18ClNO4S. The molecule has 3 rings (SSSR count). The van der Waals surface area contributed by atoms with Gasteiger partial charge in [0.2, 0.25) is 0 Å². The van der Waals surface area contributed by atoms with Gasteiger partial charge in [-0.2, -0.15) is 0 Å². The van der Waals surface area contributed by atoms with Crippen molar-refractivity contribution in [3.05, 3.63) is 56.7 Å². The number of hydrogen-bond donors (Lipinski definition) is 1. The van der Waals surface area contributed by atoms with Crippen LogP contribution in [0.3, 0.4) is 0 Å². The van der Waals surface area contributed by atoms with Gasteiger partial charge in [-0.05, 0) is 36.1 Å². The topological polar surface area (TPSA) is 66.8 Å². The maximum absolute atomic E-state index is 12.7. The molecule has 0 spiro atoms. The number of ether oxygens (including phenoxy) is 1. The molecule has 0 saturated carbocycles. The molecule has 1 aliphatic heterocycles. The SMILES string of the molecule is CCCN1C(=O)C(=O)/C(=C(\O)c2cc(OC)ccc2Cl)C1c1cccs1. The summed E-state index contributed by atoms with van der Waals surface area (Å²) in [5, 5.41) is 13.1. The van der Waals surface area contributed by atoms with E-state index >= 15 is 0 Å². The number of aliphatic hydroxyl groups excluding tert-OH is 1. The smallest absolute Gasteiger partial charge is 0.295 e. The minimum atomic E-state index is -0.701. The molecule has 2 heterocycles. The second-order valence-electron chi connectivity index (χ2n) is 5.85. The molecule has 26 heavy (non-hydrogen) atoms. The average molecular weight is 392 g/mol. The molecule has 1 amide bonds. The number of aliphatic hydroxyl groups is 1. The fourth-order valence-electron chi connectivity index (χ4n) is 3.05. The van der Waals surface area contributed by atoms with E-state index in [2.05, 4.69) is 0 Å². The molecule has 7 heteroatoms. The highest BCUT2D eigenvalue weighted by molar-refractivity contribution is 7.10. The molecule has 1 fully saturated rings. The lowest BCUT2D eigenvalue weighted by Gasteiger charge is -2.23. The summed E-state index contributed by atoms with van der Waals surface area (Å²) in [6.07, 6.45) is 0.703. The Labute approximate surface area is 160 Å². The number of rotatable bonds is 5. The third-order valence-corrected chi connectivity index (χ3v) is 5.50. The van der Waals surface area contributed by atoms with Gasteiger partial charge in [0.1, 0.15) is 11.5 Å². The van der Waals surface area contributed by atoms with Crippen molar-refractivity contribution in [2.45, 2.75) is 19.4 Å². The molecule has 5 nitrogen and oxygen atoms in total. The first-order chi connectivity index (χ1) is 12.5. The summed E-state index contributed by atoms with van der Waals surface area (Å²) in [5.74, 6) is -1.10. The van der Waals surface area contributed by atoms with Gasteiger partial charge in [-0.25, -0.2) is 0 Å². The number of carbonyl (C=O) groups is 2. The molecule has 1 N–H and O–H groups in total. The Morgan fingerprint density at radius 2 is 2.12 bits per heavy atom. The van der Waals surface area contributed by atoms with E-state index in [-0.39, 0.29) is 21.9 Å². The van der Waals surface area contributed by atoms with E-state index in [4.69, 9.17) is 16.3 Å². The van der Waals surface area contributed by atoms with Crippen LogP contribution in [0.5, 0.6) is 5.75 Å². The van der Waals surface area contributed by atoms with Gasteiger partial charge in [0, 0.05) is 17.0 Å². The van der Waals surface area contributed by atoms with Gasteiger partial charge in [-0.3, -0.25) is 9.59 Å². The molecule has 0 aliphatic carbocycles. The molecule has 1 aromatic heterocycles. The second kappa shape index (κ2) is 7.51. The van der Waals surface area contributed by atoms with Gasteiger partial charge in [0.15, 0.2) is 0 Å². The van der Waals surface area contributed by atoms with Crippen LogP contribution in [-0.4, -0.2) is 35.4 Å². The van der Waals surface area contributed by atoms with Crippen LogP contribution in [0.15, 0.2) is 41.3 Å². The third kappa shape index (κ3) is 3.10. The number of ketones is 1. The van der Waals surface area contributed by atoms with Crippen molar-refractivity contribution >= 4 is 40.4 Å². The van der Waals surface area contributed by atoms with Crippen LogP contribution >= 0.6 is 22.9 Å². The largest absolute Gasteiger partial charge is 0.507 e. The van der Waals surface area contributed by atoms with Crippen LogP contribution in [0.4, 0.5) is 0 Å². The standard InChI is InChI=1S/C19H18ClNO4S/c1-3-8-21-16(14-5-4-9-26-14)15(18(23)19(21)24)17(22)12-10-11(25-2)6-7-13(12)20/h4-7,9-10,16,22H,3,8H2,1-2H3/b17-15-. The van der Waals surface area contributed by atoms with E-state index in [1.165, 1.54) is 23.3 Å². The first-order valence-corrected chi connectivity index (χ1v) is 9.41. The van der Waals surface area contributed by atoms with E-state index in [0.717, 1.165) is 4.88 Å². The molecule has 1 unspecified atom stereocenters. The number of nitrogens with zero attached hydrogens (tertiary/aromatic N) is 1. The Kier molecular flexibility index (Phi) is 5.34. The Morgan fingerprint density at radius 1 is 1.35 bits per heavy atom. The minimum Gasteiger partial charge on any atom is -0.507 e. The molecule has 0 radical (unpaired) electrons. The predicted octanol–water partition coefficient (Wildman–Crippen LogP) is 4.24. The first-order valence-electron chi connectivity index (χ1n) is 8.15. The van der Waals surface area contributed by atoms with Crippen LogP contribution in [-0.2, 0) is 9.59 Å². The number of carbonyl (C=O) groups excluding carboxylic acids is 2. The number of hydrogen-bond acceptors (Lipinski definition) is 5. The molecule has 1 atom stereocenters. The zero-order valence-electron chi connectivity index (χ0n) is 14.4. The number of thiophene rings is 1. The normalized spacial score (nSPS) is 19.2. The van der Waals surface area contributed by atoms with Crippen LogP contribution in [0.25, 0.3) is 5.76 Å². The average Bonchev–Trinajstić information content (AvgIpc) is 3.24. The maximum Gasteiger partial charge on any atom is 0.295 e. The molecule has 1 aromatic carbocycles. The zero-order valence-corrected chi connectivity index (χ0v) is 15.9. The van der Waals surface area contributed by atoms with Crippen molar-refractivity contribution in [1.29, 1.82) is 0 Å². The zero-order chi connectivity index (χ0) is 18.8. The highest BCUT2D eigenvalue weighted by atomic mass is 35.5. The van der Waals surface area contributed by atoms with Crippen molar-refractivity contribution in [3.8, 4) is 5.75 Å². The van der Waals surface area contributed by atoms with Crippen LogP contribution in [0.2, 0.25) is 5.02 Å². The second-order valence-corrected chi connectivity index (χ2v) is 7.24. The fourth-order valence-corrected chi connectivity index (χ4v) is 4.10. The summed E-state index contributed by atoms with van der Waals surface area (Å²) in [6, 6.07) is 7.88. The number of likely N-dealkylation sites (tertiary alicyclic amines) is 1. The summed E-state index contributed by atoms with van der Waals surface area (Å²) in [5.41, 5.74) is 0.322. The van der Waals surface area contributed by atoms with Gasteiger partial charge in [-0.15, -0.1) is 11.3 Å². The van der Waals surface area contributed by atoms with E-state index < -0.39 is 17.7 Å². The van der Waals surface area contributed by atoms with Crippen LogP contribution in [0, 0.1) is 0 Å². The molecule has 0 bridgehead atoms. The number of benzene rings is 1. The highest BCUT2D eigenvalue weighted by Gasteiger charge is 2.46. The van der Waals surface area contributed by atoms with Crippen molar-refractivity contribution in [2.24, 2.45) is 0 Å². The van der Waals surface area contributed by atoms with Crippen molar-refractivity contribution in [3.63, 3.8) is 0 Å². The summed E-state index contributed by atoms with van der Waals surface area (Å²) in [4.78, 5) is 27.6. The van der Waals surface area contributed by atoms with Crippen molar-refractivity contribution in [2.75, 3.05) is 13.7 Å². The highest BCUT2D eigenvalue weighted by Crippen LogP contribution is 2.42. The Bertz CT molecular complexity index is 876. The van der Waals surface area contributed by atoms with Gasteiger partial charge in [0.25, 0.3) is 11.7 Å². The molecule has 2 aromatic rings. The lowest BCUT2D eigenvalue weighted by Crippen LogP contribution is -2.30. The third-order valence-electron chi connectivity index (χ3n) is 4.25. The van der Waals surface area contributed by atoms with Crippen molar-refractivity contribution < 1.29 is 19.4 Å². The maximum atomic E-state index is 12.7. The number of halogens is 1. The van der Waals surface area contributed by atoms with Gasteiger partial charge >= 0.3 is 0 Å². The van der Waals surface area contributed by atoms with E-state index in [1.807, 2.05) is 24.4 Å². The Balaban J connectivity index is 2.21. The van der Waals surface area contributed by atoms with Crippen molar-refractivity contribution in [1.82, 2.24) is 4.90 Å². The number of amides is 1. The lowest BCUT2D eigenvalue weighted by molar-refractivity contribution is -0.139. The number of methoxy groups -OCH3 is 1. The number of Topliss-reactive ketones (excluding diaryl/α,β-unsaturated/α-hetero) is 1. The summed E-state index contributed by atoms with van der Waals surface area (Å²) >= 11 is 7.66. The van der Waals surface area contributed by atoms with E-state index in [9.17, 15) is 14.7 Å². The van der Waals surface area contributed by atoms with E-state index in [0.29, 0.717) is 18.7 Å². The van der Waals surface area contributed by atoms with E-state index in [1.54, 1.807) is 18.2 Å². The predicted molar refractivity (Wildman–Crippen MR) is 102 cm³/mol. The quantitative estimate of drug-likeness (QED) is 0.470. The van der Waals surface area contributed by atoms with Crippen LogP contribution < -0.4 is 4.74 Å². The Hall–Kier alpha value is -2.31. The van der Waals surface area contributed by atoms with Gasteiger partial charge < -0.3 is 14.7 Å². The summed E-state index contributed by atoms with van der Waals surface area (Å²) < 4.78 is 5.18. The fraction of sp³-hybridized carbons (Fsp3) is 0.263. The first kappa shape index (κ1) is 18.5. The van der Waals surface area contributed by atoms with Gasteiger partial charge in [0.05, 0.1) is 23.7 Å². The summed E-state index contributed by atoms with van der Waals surface area (Å²) in [6.45, 7) is 2.36. The molecule has 1 saturated heterocycles. The molecular weight excluding hydrogens is 374 g/mol. The van der Waals surface area contributed by atoms with Gasteiger partial charge in [-0.1, -0.05) is 24.6 Å². The Morgan fingerprint density at radius 3 is 2.73 bits per heavy atom. The monoisotopic (exact) mass is 391 g/mol.